The summed E-state index contributed by atoms with van der Waals surface area (Å²) in [6.45, 7) is 9.82. The molecule has 6 rings (SSSR count). The fourth-order valence-corrected chi connectivity index (χ4v) is 8.24. The molecule has 1 unspecified atom stereocenters. The number of carbonyl (C=O) groups is 3. The highest BCUT2D eigenvalue weighted by molar-refractivity contribution is 7.12. The molecule has 3 aliphatic heterocycles. The summed E-state index contributed by atoms with van der Waals surface area (Å²) in [5.74, 6) is -1.29. The number of ether oxygens (including phenoxy) is 2. The van der Waals surface area contributed by atoms with Gasteiger partial charge in [-0.05, 0) is 86.6 Å². The average Bonchev–Trinajstić information content (AvgIpc) is 3.77. The van der Waals surface area contributed by atoms with Crippen LogP contribution in [0.15, 0.2) is 29.6 Å². The van der Waals surface area contributed by atoms with Gasteiger partial charge in [-0.1, -0.05) is 12.1 Å². The molecule has 4 aliphatic rings. The molecule has 240 valence electrons. The lowest BCUT2D eigenvalue weighted by molar-refractivity contribution is -0.126. The van der Waals surface area contributed by atoms with E-state index in [1.165, 1.54) is 17.4 Å². The normalized spacial score (nSPS) is 25.5. The monoisotopic (exact) mass is 636 g/mol. The topological polar surface area (TPSA) is 103 Å². The van der Waals surface area contributed by atoms with Gasteiger partial charge in [-0.25, -0.2) is 9.18 Å². The number of halogens is 1. The molecular weight excluding hydrogens is 595 g/mol. The predicted octanol–water partition coefficient (Wildman–Crippen LogP) is 5.14. The summed E-state index contributed by atoms with van der Waals surface area (Å²) in [5.41, 5.74) is 1.09. The maximum absolute atomic E-state index is 15.4. The van der Waals surface area contributed by atoms with Crippen LogP contribution in [-0.2, 0) is 20.7 Å². The van der Waals surface area contributed by atoms with Gasteiger partial charge in [0.1, 0.15) is 11.4 Å². The number of hydrogen-bond donors (Lipinski definition) is 0. The third-order valence-corrected chi connectivity index (χ3v) is 10.5. The number of benzene rings is 1. The van der Waals surface area contributed by atoms with Crippen molar-refractivity contribution in [3.8, 4) is 17.2 Å². The summed E-state index contributed by atoms with van der Waals surface area (Å²) >= 11 is 1.35. The number of ketones is 1. The molecular formula is C34H41FN4O5S. The number of nitriles is 1. The molecule has 0 N–H and O–H groups in total. The van der Waals surface area contributed by atoms with Gasteiger partial charge in [0.25, 0.3) is 5.91 Å². The number of hydrogen-bond acceptors (Lipinski definition) is 8. The number of Topliss-reactive ketones (excluding diaryl/α,β-unsaturated/α-hetero) is 1. The van der Waals surface area contributed by atoms with Crippen LogP contribution in [0.2, 0.25) is 0 Å². The molecule has 1 aromatic heterocycles. The molecule has 5 atom stereocenters. The van der Waals surface area contributed by atoms with Crippen LogP contribution in [0, 0.1) is 29.0 Å². The summed E-state index contributed by atoms with van der Waals surface area (Å²) in [6, 6.07) is 8.50. The van der Waals surface area contributed by atoms with E-state index in [-0.39, 0.29) is 42.5 Å². The van der Waals surface area contributed by atoms with Crippen molar-refractivity contribution in [1.82, 2.24) is 14.7 Å². The summed E-state index contributed by atoms with van der Waals surface area (Å²) in [6.07, 6.45) is 2.04. The number of thiophene rings is 1. The van der Waals surface area contributed by atoms with Crippen LogP contribution in [0.4, 0.5) is 9.18 Å². The second-order valence-electron chi connectivity index (χ2n) is 13.8. The van der Waals surface area contributed by atoms with Crippen LogP contribution in [0.25, 0.3) is 11.1 Å². The first-order valence-corrected chi connectivity index (χ1v) is 16.8. The highest BCUT2D eigenvalue weighted by atomic mass is 32.1. The van der Waals surface area contributed by atoms with E-state index in [0.29, 0.717) is 35.7 Å². The Kier molecular flexibility index (Phi) is 9.01. The van der Waals surface area contributed by atoms with E-state index >= 15 is 4.39 Å². The molecule has 3 saturated heterocycles. The van der Waals surface area contributed by atoms with Gasteiger partial charge in [0.15, 0.2) is 5.78 Å². The predicted molar refractivity (Wildman–Crippen MR) is 167 cm³/mol. The number of piperazine rings is 1. The number of nitrogens with zero attached hydrogens (tertiary/aromatic N) is 4. The van der Waals surface area contributed by atoms with Crippen molar-refractivity contribution in [2.24, 2.45) is 11.8 Å². The second kappa shape index (κ2) is 12.8. The Morgan fingerprint density at radius 1 is 1.13 bits per heavy atom. The van der Waals surface area contributed by atoms with E-state index in [9.17, 15) is 19.6 Å². The Morgan fingerprint density at radius 3 is 2.71 bits per heavy atom. The van der Waals surface area contributed by atoms with E-state index in [1.807, 2.05) is 16.3 Å². The molecule has 1 aromatic carbocycles. The minimum atomic E-state index is -0.724. The lowest BCUT2D eigenvalue weighted by atomic mass is 9.87. The molecule has 9 nitrogen and oxygen atoms in total. The minimum Gasteiger partial charge on any atom is -0.444 e. The molecule has 45 heavy (non-hydrogen) atoms. The first kappa shape index (κ1) is 31.6. The molecule has 2 amide bonds. The van der Waals surface area contributed by atoms with Gasteiger partial charge in [-0.3, -0.25) is 19.4 Å². The number of piperidine rings is 1. The van der Waals surface area contributed by atoms with Gasteiger partial charge in [-0.15, -0.1) is 11.3 Å². The first-order chi connectivity index (χ1) is 21.5. The minimum absolute atomic E-state index is 0.0178. The van der Waals surface area contributed by atoms with Crippen molar-refractivity contribution in [2.75, 3.05) is 39.4 Å². The highest BCUT2D eigenvalue weighted by Crippen LogP contribution is 2.44. The van der Waals surface area contributed by atoms with Gasteiger partial charge in [0.2, 0.25) is 0 Å². The number of fused-ring (bicyclic) bond motifs is 3. The average molecular weight is 637 g/mol. The highest BCUT2D eigenvalue weighted by Gasteiger charge is 2.52. The van der Waals surface area contributed by atoms with Crippen LogP contribution >= 0.6 is 11.3 Å². The molecule has 11 heteroatoms. The van der Waals surface area contributed by atoms with E-state index in [2.05, 4.69) is 11.0 Å². The Balaban J connectivity index is 1.09. The Hall–Kier alpha value is -3.33. The zero-order valence-corrected chi connectivity index (χ0v) is 27.0. The number of amides is 2. The number of morpholine rings is 1. The number of carbonyl (C=O) groups excluding carboxylic acids is 3. The summed E-state index contributed by atoms with van der Waals surface area (Å²) in [7, 11) is 0. The Morgan fingerprint density at radius 2 is 1.96 bits per heavy atom. The Bertz CT molecular complexity index is 1500. The molecule has 2 aromatic rings. The van der Waals surface area contributed by atoms with Crippen molar-refractivity contribution in [1.29, 1.82) is 5.26 Å². The number of likely N-dealkylation sites (tertiary alicyclic amines) is 1. The number of rotatable bonds is 7. The summed E-state index contributed by atoms with van der Waals surface area (Å²) < 4.78 is 26.6. The molecule has 0 spiro atoms. The van der Waals surface area contributed by atoms with E-state index in [1.54, 1.807) is 37.8 Å². The SMILES string of the molecule is CC(C)(C)OC(=O)N1[C@@H]2CC[C@@H](C2)[C@H]1C(=O)C[C@H](C#N)Cc1ccc(-c2csc(C(=O)N3CCN4CCOCC4C3)c2)cc1F. The molecule has 1 saturated carbocycles. The molecule has 1 aliphatic carbocycles. The zero-order chi connectivity index (χ0) is 31.9. The van der Waals surface area contributed by atoms with Crippen molar-refractivity contribution in [3.63, 3.8) is 0 Å². The van der Waals surface area contributed by atoms with Gasteiger partial charge < -0.3 is 14.4 Å². The van der Waals surface area contributed by atoms with Crippen LogP contribution in [-0.4, -0.2) is 95.6 Å². The van der Waals surface area contributed by atoms with E-state index in [0.717, 1.165) is 44.5 Å². The maximum Gasteiger partial charge on any atom is 0.411 e. The first-order valence-electron chi connectivity index (χ1n) is 15.9. The maximum atomic E-state index is 15.4. The van der Waals surface area contributed by atoms with E-state index in [4.69, 9.17) is 9.47 Å². The quantitative estimate of drug-likeness (QED) is 0.415. The fraction of sp³-hybridized carbons (Fsp3) is 0.588. The fourth-order valence-electron chi connectivity index (χ4n) is 7.35. The second-order valence-corrected chi connectivity index (χ2v) is 14.7. The lowest BCUT2D eigenvalue weighted by Crippen LogP contribution is -2.59. The van der Waals surface area contributed by atoms with Gasteiger partial charge in [-0.2, -0.15) is 5.26 Å². The largest absolute Gasteiger partial charge is 0.444 e. The van der Waals surface area contributed by atoms with Crippen LogP contribution in [0.1, 0.15) is 61.7 Å². The van der Waals surface area contributed by atoms with Gasteiger partial charge >= 0.3 is 6.09 Å². The van der Waals surface area contributed by atoms with Gasteiger partial charge in [0.05, 0.1) is 42.2 Å². The Labute approximate surface area is 267 Å². The standard InChI is InChI=1S/C34H41FN4O5S/c1-34(2,3)44-33(42)39-26-7-6-24(14-26)31(39)29(40)13-21(17-36)12-23-5-4-22(15-28(23)35)25-16-30(45-20-25)32(41)38-9-8-37-10-11-43-19-27(37)18-38/h4-5,15-16,20-21,24,26-27,31H,6-14,18-19H2,1-3H3/t21-,24+,26-,27?,31+/m1/s1. The molecule has 2 bridgehead atoms. The molecule has 4 fully saturated rings. The van der Waals surface area contributed by atoms with Crippen molar-refractivity contribution < 1.29 is 28.2 Å². The van der Waals surface area contributed by atoms with Crippen molar-refractivity contribution in [2.45, 2.75) is 76.6 Å². The van der Waals surface area contributed by atoms with Crippen LogP contribution < -0.4 is 0 Å². The molecule has 4 heterocycles. The smallest absolute Gasteiger partial charge is 0.411 e. The van der Waals surface area contributed by atoms with Crippen LogP contribution in [0.3, 0.4) is 0 Å². The summed E-state index contributed by atoms with van der Waals surface area (Å²) in [4.78, 5) is 46.2. The van der Waals surface area contributed by atoms with Gasteiger partial charge in [0, 0.05) is 38.6 Å². The zero-order valence-electron chi connectivity index (χ0n) is 26.2. The third kappa shape index (κ3) is 6.79. The van der Waals surface area contributed by atoms with Crippen LogP contribution in [0.5, 0.6) is 0 Å². The third-order valence-electron chi connectivity index (χ3n) is 9.54. The van der Waals surface area contributed by atoms with E-state index < -0.39 is 29.5 Å². The summed E-state index contributed by atoms with van der Waals surface area (Å²) in [5, 5.41) is 11.8. The van der Waals surface area contributed by atoms with Crippen molar-refractivity contribution >= 4 is 29.1 Å². The lowest BCUT2D eigenvalue weighted by Gasteiger charge is -2.43. The van der Waals surface area contributed by atoms with Crippen molar-refractivity contribution in [3.05, 3.63) is 45.9 Å². The molecule has 0 radical (unpaired) electrons.